The molecule has 1 amide bonds. The number of halogens is 3. The second-order valence-corrected chi connectivity index (χ2v) is 8.59. The van der Waals surface area contributed by atoms with Crippen LogP contribution in [-0.2, 0) is 11.0 Å². The first-order chi connectivity index (χ1) is 15.3. The van der Waals surface area contributed by atoms with Crippen LogP contribution in [0.25, 0.3) is 10.9 Å². The second kappa shape index (κ2) is 9.58. The van der Waals surface area contributed by atoms with E-state index in [0.717, 1.165) is 31.8 Å². The fourth-order valence-corrected chi connectivity index (χ4v) is 4.65. The summed E-state index contributed by atoms with van der Waals surface area (Å²) in [4.78, 5) is 22.8. The van der Waals surface area contributed by atoms with Crippen LogP contribution in [0.3, 0.4) is 0 Å². The van der Waals surface area contributed by atoms with Gasteiger partial charge >= 0.3 is 6.18 Å². The van der Waals surface area contributed by atoms with Gasteiger partial charge in [0.1, 0.15) is 12.1 Å². The number of benzene rings is 1. The zero-order valence-corrected chi connectivity index (χ0v) is 18.1. The number of amides is 1. The summed E-state index contributed by atoms with van der Waals surface area (Å²) in [5, 5.41) is 9.60. The second-order valence-electron chi connectivity index (χ2n) is 8.59. The third-order valence-electron chi connectivity index (χ3n) is 6.36. The molecule has 32 heavy (non-hydrogen) atoms. The molecule has 0 bridgehead atoms. The van der Waals surface area contributed by atoms with Gasteiger partial charge in [-0.15, -0.1) is 0 Å². The highest BCUT2D eigenvalue weighted by Crippen LogP contribution is 2.32. The molecular weight excluding hydrogens is 421 g/mol. The summed E-state index contributed by atoms with van der Waals surface area (Å²) in [6.45, 7) is 4.76. The van der Waals surface area contributed by atoms with Crippen LogP contribution in [0, 0.1) is 0 Å². The van der Waals surface area contributed by atoms with Gasteiger partial charge in [-0.1, -0.05) is 6.92 Å². The zero-order valence-electron chi connectivity index (χ0n) is 18.1. The number of anilines is 1. The van der Waals surface area contributed by atoms with Gasteiger partial charge in [-0.2, -0.15) is 13.2 Å². The summed E-state index contributed by atoms with van der Waals surface area (Å²) >= 11 is 0. The van der Waals surface area contributed by atoms with Crippen molar-refractivity contribution in [3.63, 3.8) is 0 Å². The molecule has 3 N–H and O–H groups in total. The van der Waals surface area contributed by atoms with Crippen LogP contribution in [0.5, 0.6) is 0 Å². The maximum atomic E-state index is 13.0. The molecule has 1 aromatic heterocycles. The number of likely N-dealkylation sites (tertiary alicyclic amines) is 1. The molecule has 1 saturated heterocycles. The molecule has 1 aliphatic carbocycles. The normalized spacial score (nSPS) is 22.5. The maximum Gasteiger partial charge on any atom is 0.416 e. The monoisotopic (exact) mass is 450 g/mol. The minimum Gasteiger partial charge on any atom is -0.360 e. The molecule has 2 fully saturated rings. The van der Waals surface area contributed by atoms with Crippen LogP contribution in [0.2, 0.25) is 0 Å². The fraction of sp³-hybridized carbons (Fsp3) is 0.591. The van der Waals surface area contributed by atoms with Crippen LogP contribution >= 0.6 is 0 Å². The van der Waals surface area contributed by atoms with Gasteiger partial charge < -0.3 is 16.0 Å². The van der Waals surface area contributed by atoms with Gasteiger partial charge in [0, 0.05) is 30.6 Å². The van der Waals surface area contributed by atoms with Crippen LogP contribution in [0.4, 0.5) is 19.0 Å². The van der Waals surface area contributed by atoms with Gasteiger partial charge in [0.05, 0.1) is 23.7 Å². The summed E-state index contributed by atoms with van der Waals surface area (Å²) < 4.78 is 39.1. The Labute approximate surface area is 185 Å². The summed E-state index contributed by atoms with van der Waals surface area (Å²) in [7, 11) is 0. The van der Waals surface area contributed by atoms with Crippen LogP contribution in [0.1, 0.15) is 38.2 Å². The number of alkyl halides is 3. The lowest BCUT2D eigenvalue weighted by atomic mass is 9.88. The minimum atomic E-state index is -4.46. The number of hydrogen-bond acceptors (Lipinski definition) is 6. The zero-order chi connectivity index (χ0) is 22.7. The largest absolute Gasteiger partial charge is 0.416 e. The first-order valence-corrected chi connectivity index (χ1v) is 11.2. The summed E-state index contributed by atoms with van der Waals surface area (Å²) in [5.41, 5.74) is -0.393. The third kappa shape index (κ3) is 5.29. The van der Waals surface area contributed by atoms with E-state index in [4.69, 9.17) is 0 Å². The highest BCUT2D eigenvalue weighted by atomic mass is 19.4. The standard InChI is InChI=1S/C22H29F3N6O/c1-2-26-15-4-6-17(7-5-15)31-11-16(12-31)30-20(32)10-27-21-18-9-14(22(23,24)25)3-8-19(18)28-13-29-21/h3,8-9,13,15-17,26H,2,4-7,10-12H2,1H3,(H,30,32)(H,27,28,29)/t15-,17-. The molecule has 0 radical (unpaired) electrons. The van der Waals surface area contributed by atoms with Crippen molar-refractivity contribution in [3.05, 3.63) is 30.1 Å². The van der Waals surface area contributed by atoms with Gasteiger partial charge in [0.2, 0.25) is 5.91 Å². The molecule has 1 aromatic carbocycles. The van der Waals surface area contributed by atoms with Gasteiger partial charge in [-0.3, -0.25) is 9.69 Å². The lowest BCUT2D eigenvalue weighted by Crippen LogP contribution is -2.63. The third-order valence-corrected chi connectivity index (χ3v) is 6.36. The summed E-state index contributed by atoms with van der Waals surface area (Å²) in [6.07, 6.45) is 1.56. The number of carbonyl (C=O) groups is 1. The van der Waals surface area contributed by atoms with Gasteiger partial charge in [-0.05, 0) is 50.4 Å². The van der Waals surface area contributed by atoms with Gasteiger partial charge in [0.25, 0.3) is 0 Å². The van der Waals surface area contributed by atoms with Crippen molar-refractivity contribution >= 4 is 22.6 Å². The number of aromatic nitrogens is 2. The first kappa shape index (κ1) is 22.7. The summed E-state index contributed by atoms with van der Waals surface area (Å²) in [5.74, 6) is 0.00757. The van der Waals surface area contributed by atoms with E-state index < -0.39 is 11.7 Å². The molecule has 0 unspecified atom stereocenters. The van der Waals surface area contributed by atoms with Crippen molar-refractivity contribution in [3.8, 4) is 0 Å². The molecule has 2 aromatic rings. The Hall–Kier alpha value is -2.46. The SMILES string of the molecule is CCN[C@H]1CC[C@H](N2CC(NC(=O)CNc3ncnc4ccc(C(F)(F)F)cc34)C2)CC1. The Morgan fingerprint density at radius 1 is 1.12 bits per heavy atom. The van der Waals surface area contributed by atoms with Crippen LogP contribution in [0.15, 0.2) is 24.5 Å². The van der Waals surface area contributed by atoms with E-state index in [1.54, 1.807) is 0 Å². The predicted molar refractivity (Wildman–Crippen MR) is 116 cm³/mol. The average Bonchev–Trinajstić information content (AvgIpc) is 2.74. The quantitative estimate of drug-likeness (QED) is 0.602. The topological polar surface area (TPSA) is 82.2 Å². The van der Waals surface area contributed by atoms with Crippen molar-refractivity contribution in [2.24, 2.45) is 0 Å². The number of nitrogens with one attached hydrogen (secondary N) is 3. The van der Waals surface area contributed by atoms with E-state index in [-0.39, 0.29) is 29.7 Å². The Morgan fingerprint density at radius 3 is 2.56 bits per heavy atom. The first-order valence-electron chi connectivity index (χ1n) is 11.2. The molecule has 2 heterocycles. The van der Waals surface area contributed by atoms with Crippen molar-refractivity contribution in [1.82, 2.24) is 25.5 Å². The molecule has 10 heteroatoms. The van der Waals surface area contributed by atoms with E-state index in [1.807, 2.05) is 0 Å². The summed E-state index contributed by atoms with van der Waals surface area (Å²) in [6, 6.07) is 4.62. The molecule has 2 aliphatic rings. The highest BCUT2D eigenvalue weighted by molar-refractivity contribution is 5.91. The molecule has 174 valence electrons. The highest BCUT2D eigenvalue weighted by Gasteiger charge is 2.35. The van der Waals surface area contributed by atoms with Crippen LogP contribution < -0.4 is 16.0 Å². The molecule has 0 atom stereocenters. The number of carbonyl (C=O) groups excluding carboxylic acids is 1. The number of nitrogens with zero attached hydrogens (tertiary/aromatic N) is 3. The molecule has 1 saturated carbocycles. The van der Waals surface area contributed by atoms with Gasteiger partial charge in [-0.25, -0.2) is 9.97 Å². The fourth-order valence-electron chi connectivity index (χ4n) is 4.65. The number of hydrogen-bond donors (Lipinski definition) is 3. The van der Waals surface area contributed by atoms with E-state index in [1.165, 1.54) is 38.1 Å². The lowest BCUT2D eigenvalue weighted by Gasteiger charge is -2.46. The van der Waals surface area contributed by atoms with Crippen molar-refractivity contribution in [2.45, 2.75) is 56.9 Å². The molecule has 4 rings (SSSR count). The molecule has 1 aliphatic heterocycles. The number of fused-ring (bicyclic) bond motifs is 1. The Balaban J connectivity index is 1.25. The van der Waals surface area contributed by atoms with E-state index in [2.05, 4.69) is 37.7 Å². The van der Waals surface area contributed by atoms with Crippen molar-refractivity contribution < 1.29 is 18.0 Å². The van der Waals surface area contributed by atoms with Crippen LogP contribution in [-0.4, -0.2) is 65.1 Å². The van der Waals surface area contributed by atoms with E-state index in [0.29, 0.717) is 17.6 Å². The van der Waals surface area contributed by atoms with Crippen molar-refractivity contribution in [1.29, 1.82) is 0 Å². The number of rotatable bonds is 7. The minimum absolute atomic E-state index is 0.0628. The smallest absolute Gasteiger partial charge is 0.360 e. The molecule has 7 nitrogen and oxygen atoms in total. The van der Waals surface area contributed by atoms with E-state index >= 15 is 0 Å². The Morgan fingerprint density at radius 2 is 1.88 bits per heavy atom. The van der Waals surface area contributed by atoms with Gasteiger partial charge in [0.15, 0.2) is 0 Å². The Bertz CT molecular complexity index is 939. The molecule has 0 spiro atoms. The molecular formula is C22H29F3N6O. The average molecular weight is 451 g/mol. The lowest BCUT2D eigenvalue weighted by molar-refractivity contribution is -0.137. The maximum absolute atomic E-state index is 13.0. The Kier molecular flexibility index (Phi) is 6.80. The predicted octanol–water partition coefficient (Wildman–Crippen LogP) is 2.78. The van der Waals surface area contributed by atoms with Crippen molar-refractivity contribution in [2.75, 3.05) is 31.5 Å². The van der Waals surface area contributed by atoms with E-state index in [9.17, 15) is 18.0 Å².